The minimum absolute atomic E-state index is 0.133. The monoisotopic (exact) mass is 433 g/mol. The van der Waals surface area contributed by atoms with Crippen LogP contribution in [-0.2, 0) is 6.18 Å². The van der Waals surface area contributed by atoms with Crippen molar-refractivity contribution in [2.45, 2.75) is 19.0 Å². The van der Waals surface area contributed by atoms with Crippen LogP contribution in [-0.4, -0.2) is 48.4 Å². The lowest BCUT2D eigenvalue weighted by atomic mass is 10.1. The summed E-state index contributed by atoms with van der Waals surface area (Å²) in [5.74, 6) is 1.60. The fraction of sp³-hybridized carbons (Fsp3) is 0.364. The number of hydrogen-bond donors (Lipinski definition) is 0. The first-order chi connectivity index (χ1) is 14.9. The van der Waals surface area contributed by atoms with Crippen LogP contribution < -0.4 is 9.47 Å². The van der Waals surface area contributed by atoms with Crippen LogP contribution in [0, 0.1) is 0 Å². The van der Waals surface area contributed by atoms with Crippen LogP contribution in [0.25, 0.3) is 22.8 Å². The van der Waals surface area contributed by atoms with E-state index in [1.807, 2.05) is 0 Å². The van der Waals surface area contributed by atoms with E-state index < -0.39 is 11.7 Å². The Bertz CT molecular complexity index is 1010. The normalized spacial score (nSPS) is 14.7. The molecule has 1 saturated heterocycles. The van der Waals surface area contributed by atoms with Crippen molar-refractivity contribution >= 4 is 0 Å². The third-order valence-electron chi connectivity index (χ3n) is 5.17. The molecule has 0 radical (unpaired) electrons. The molecule has 31 heavy (non-hydrogen) atoms. The van der Waals surface area contributed by atoms with Crippen molar-refractivity contribution < 1.29 is 27.2 Å². The maximum atomic E-state index is 12.7. The Labute approximate surface area is 177 Å². The van der Waals surface area contributed by atoms with Crippen molar-refractivity contribution in [2.24, 2.45) is 0 Å². The number of nitrogens with zero attached hydrogens (tertiary/aromatic N) is 3. The van der Waals surface area contributed by atoms with Gasteiger partial charge in [0.25, 0.3) is 5.89 Å². The van der Waals surface area contributed by atoms with Crippen LogP contribution in [0.3, 0.4) is 0 Å². The van der Waals surface area contributed by atoms with Gasteiger partial charge in [-0.2, -0.15) is 18.2 Å². The van der Waals surface area contributed by atoms with Crippen molar-refractivity contribution in [2.75, 3.05) is 33.4 Å². The molecule has 0 aliphatic carbocycles. The third-order valence-corrected chi connectivity index (χ3v) is 5.17. The number of ether oxygens (including phenoxy) is 2. The summed E-state index contributed by atoms with van der Waals surface area (Å²) in [6.45, 7) is 3.65. The van der Waals surface area contributed by atoms with Crippen LogP contribution in [0.1, 0.15) is 18.4 Å². The van der Waals surface area contributed by atoms with Crippen molar-refractivity contribution in [1.29, 1.82) is 0 Å². The zero-order valence-electron chi connectivity index (χ0n) is 17.0. The van der Waals surface area contributed by atoms with E-state index in [1.54, 1.807) is 25.3 Å². The van der Waals surface area contributed by atoms with Gasteiger partial charge in [0, 0.05) is 17.7 Å². The number of halogens is 3. The summed E-state index contributed by atoms with van der Waals surface area (Å²) in [7, 11) is 1.55. The molecule has 1 aliphatic heterocycles. The molecule has 0 unspecified atom stereocenters. The molecular formula is C22H22F3N3O3. The summed E-state index contributed by atoms with van der Waals surface area (Å²) in [4.78, 5) is 6.66. The van der Waals surface area contributed by atoms with Gasteiger partial charge in [-0.05, 0) is 68.4 Å². The number of aromatic nitrogens is 2. The van der Waals surface area contributed by atoms with Crippen molar-refractivity contribution in [3.05, 3.63) is 48.0 Å². The second-order valence-electron chi connectivity index (χ2n) is 7.26. The van der Waals surface area contributed by atoms with Crippen LogP contribution >= 0.6 is 0 Å². The van der Waals surface area contributed by atoms with Crippen LogP contribution in [0.15, 0.2) is 47.0 Å². The highest BCUT2D eigenvalue weighted by Gasteiger charge is 2.30. The zero-order valence-corrected chi connectivity index (χ0v) is 17.0. The van der Waals surface area contributed by atoms with Gasteiger partial charge in [-0.1, -0.05) is 5.16 Å². The SMILES string of the molecule is COc1cc(-c2noc(-c3ccc(C(F)(F)F)cc3)n2)ccc1OCCN1CCCC1. The van der Waals surface area contributed by atoms with Gasteiger partial charge >= 0.3 is 6.18 Å². The molecule has 1 fully saturated rings. The number of alkyl halides is 3. The van der Waals surface area contributed by atoms with Crippen molar-refractivity contribution in [3.63, 3.8) is 0 Å². The van der Waals surface area contributed by atoms with Gasteiger partial charge in [-0.15, -0.1) is 0 Å². The third kappa shape index (κ3) is 4.99. The smallest absolute Gasteiger partial charge is 0.416 e. The van der Waals surface area contributed by atoms with Crippen LogP contribution in [0.2, 0.25) is 0 Å². The first-order valence-corrected chi connectivity index (χ1v) is 9.99. The molecule has 0 atom stereocenters. The molecule has 6 nitrogen and oxygen atoms in total. The van der Waals surface area contributed by atoms with E-state index in [0.29, 0.717) is 35.1 Å². The molecule has 0 bridgehead atoms. The molecule has 2 heterocycles. The average molecular weight is 433 g/mol. The first kappa shape index (κ1) is 21.2. The minimum atomic E-state index is -4.40. The highest BCUT2D eigenvalue weighted by Crippen LogP contribution is 2.33. The van der Waals surface area contributed by atoms with Crippen molar-refractivity contribution in [3.8, 4) is 34.3 Å². The van der Waals surface area contributed by atoms with E-state index in [2.05, 4.69) is 15.0 Å². The van der Waals surface area contributed by atoms with Crippen LogP contribution in [0.5, 0.6) is 11.5 Å². The summed E-state index contributed by atoms with van der Waals surface area (Å²) in [5.41, 5.74) is 0.312. The predicted molar refractivity (Wildman–Crippen MR) is 108 cm³/mol. The Morgan fingerprint density at radius 3 is 2.39 bits per heavy atom. The highest BCUT2D eigenvalue weighted by molar-refractivity contribution is 5.63. The number of benzene rings is 2. The molecule has 0 N–H and O–H groups in total. The Kier molecular flexibility index (Phi) is 6.13. The number of rotatable bonds is 7. The van der Waals surface area contributed by atoms with Gasteiger partial charge in [0.05, 0.1) is 12.7 Å². The quantitative estimate of drug-likeness (QED) is 0.528. The largest absolute Gasteiger partial charge is 0.493 e. The molecule has 0 amide bonds. The van der Waals surface area contributed by atoms with E-state index in [9.17, 15) is 13.2 Å². The van der Waals surface area contributed by atoms with Crippen molar-refractivity contribution in [1.82, 2.24) is 15.0 Å². The lowest BCUT2D eigenvalue weighted by molar-refractivity contribution is -0.137. The number of hydrogen-bond acceptors (Lipinski definition) is 6. The molecule has 0 saturated carbocycles. The fourth-order valence-corrected chi connectivity index (χ4v) is 3.48. The molecule has 0 spiro atoms. The molecule has 1 aromatic heterocycles. The lowest BCUT2D eigenvalue weighted by Crippen LogP contribution is -2.25. The van der Waals surface area contributed by atoms with E-state index in [1.165, 1.54) is 25.0 Å². The topological polar surface area (TPSA) is 60.6 Å². The van der Waals surface area contributed by atoms with Gasteiger partial charge in [0.1, 0.15) is 6.61 Å². The molecule has 4 rings (SSSR count). The number of methoxy groups -OCH3 is 1. The Hall–Kier alpha value is -3.07. The fourth-order valence-electron chi connectivity index (χ4n) is 3.48. The molecule has 164 valence electrons. The Morgan fingerprint density at radius 1 is 1.00 bits per heavy atom. The van der Waals surface area contributed by atoms with Gasteiger partial charge in [0.15, 0.2) is 11.5 Å². The Morgan fingerprint density at radius 2 is 1.71 bits per heavy atom. The van der Waals surface area contributed by atoms with Gasteiger partial charge in [0.2, 0.25) is 5.82 Å². The second-order valence-corrected chi connectivity index (χ2v) is 7.26. The highest BCUT2D eigenvalue weighted by atomic mass is 19.4. The Balaban J connectivity index is 1.46. The van der Waals surface area contributed by atoms with E-state index in [-0.39, 0.29) is 5.89 Å². The van der Waals surface area contributed by atoms with Gasteiger partial charge in [-0.25, -0.2) is 0 Å². The first-order valence-electron chi connectivity index (χ1n) is 9.99. The van der Waals surface area contributed by atoms with Gasteiger partial charge < -0.3 is 14.0 Å². The second kappa shape index (κ2) is 8.97. The summed E-state index contributed by atoms with van der Waals surface area (Å²) >= 11 is 0. The maximum absolute atomic E-state index is 12.7. The molecule has 3 aromatic rings. The standard InChI is InChI=1S/C22H22F3N3O3/c1-29-19-14-16(6-9-18(19)30-13-12-28-10-2-3-11-28)20-26-21(31-27-20)15-4-7-17(8-5-15)22(23,24)25/h4-9,14H,2-3,10-13H2,1H3. The van der Waals surface area contributed by atoms with E-state index in [4.69, 9.17) is 14.0 Å². The molecule has 1 aliphatic rings. The maximum Gasteiger partial charge on any atom is 0.416 e. The summed E-state index contributed by atoms with van der Waals surface area (Å²) in [6, 6.07) is 9.89. The average Bonchev–Trinajstić information content (AvgIpc) is 3.46. The summed E-state index contributed by atoms with van der Waals surface area (Å²) < 4.78 is 54.7. The van der Waals surface area contributed by atoms with E-state index in [0.717, 1.165) is 31.8 Å². The lowest BCUT2D eigenvalue weighted by Gasteiger charge is -2.16. The van der Waals surface area contributed by atoms with Gasteiger partial charge in [-0.3, -0.25) is 4.90 Å². The zero-order chi connectivity index (χ0) is 21.8. The summed E-state index contributed by atoms with van der Waals surface area (Å²) in [5, 5.41) is 3.94. The molecule has 9 heteroatoms. The van der Waals surface area contributed by atoms with Crippen LogP contribution in [0.4, 0.5) is 13.2 Å². The molecular weight excluding hydrogens is 411 g/mol. The number of likely N-dealkylation sites (tertiary alicyclic amines) is 1. The summed E-state index contributed by atoms with van der Waals surface area (Å²) in [6.07, 6.45) is -1.93. The predicted octanol–water partition coefficient (Wildman–Crippen LogP) is 4.91. The minimum Gasteiger partial charge on any atom is -0.493 e. The molecule has 2 aromatic carbocycles. The van der Waals surface area contributed by atoms with E-state index >= 15 is 0 Å².